The van der Waals surface area contributed by atoms with Crippen LogP contribution in [0.4, 0.5) is 5.69 Å². The van der Waals surface area contributed by atoms with Crippen LogP contribution in [0, 0.1) is 0 Å². The molecule has 0 radical (unpaired) electrons. The van der Waals surface area contributed by atoms with E-state index in [0.29, 0.717) is 12.5 Å². The summed E-state index contributed by atoms with van der Waals surface area (Å²) in [5.41, 5.74) is 2.07. The third-order valence-electron chi connectivity index (χ3n) is 5.06. The smallest absolute Gasteiger partial charge is 0.234 e. The van der Waals surface area contributed by atoms with Crippen molar-refractivity contribution < 1.29 is 9.53 Å². The molecule has 1 saturated heterocycles. The van der Waals surface area contributed by atoms with Gasteiger partial charge in [0, 0.05) is 12.3 Å². The molecule has 0 bridgehead atoms. The van der Waals surface area contributed by atoms with E-state index in [-0.39, 0.29) is 17.8 Å². The van der Waals surface area contributed by atoms with E-state index in [1.54, 1.807) is 11.3 Å². The van der Waals surface area contributed by atoms with Crippen LogP contribution in [-0.4, -0.2) is 39.1 Å². The van der Waals surface area contributed by atoms with Crippen molar-refractivity contribution in [1.29, 1.82) is 0 Å². The number of hydrogen-bond donors (Lipinski definition) is 1. The Bertz CT molecular complexity index is 962. The molecule has 8 heteroatoms. The maximum atomic E-state index is 12.5. The van der Waals surface area contributed by atoms with Gasteiger partial charge in [0.2, 0.25) is 5.91 Å². The maximum absolute atomic E-state index is 12.5. The predicted molar refractivity (Wildman–Crippen MR) is 122 cm³/mol. The predicted octanol–water partition coefficient (Wildman–Crippen LogP) is 5.04. The Morgan fingerprint density at radius 2 is 2.13 bits per heavy atom. The summed E-state index contributed by atoms with van der Waals surface area (Å²) in [4.78, 5) is 13.6. The van der Waals surface area contributed by atoms with Crippen molar-refractivity contribution in [3.05, 3.63) is 47.3 Å². The number of rotatable bonds is 8. The van der Waals surface area contributed by atoms with Crippen molar-refractivity contribution in [3.8, 4) is 10.7 Å². The second-order valence-electron chi connectivity index (χ2n) is 7.64. The van der Waals surface area contributed by atoms with E-state index in [1.807, 2.05) is 29.6 Å². The standard InChI is InChI=1S/C22H26N4O2S2/c1-15(2)16-7-9-17(10-8-16)23-20(27)14-30-22-25-24-21(19-6-4-12-29-19)26(22)13-18-5-3-11-28-18/h4,6-10,12,15,18H,3,5,11,13-14H2,1-2H3,(H,23,27). The van der Waals surface area contributed by atoms with Crippen LogP contribution in [0.25, 0.3) is 10.7 Å². The molecule has 1 amide bonds. The highest BCUT2D eigenvalue weighted by atomic mass is 32.2. The Hall–Kier alpha value is -2.16. The first-order valence-electron chi connectivity index (χ1n) is 10.2. The molecule has 4 rings (SSSR count). The lowest BCUT2D eigenvalue weighted by Gasteiger charge is -2.14. The fourth-order valence-electron chi connectivity index (χ4n) is 3.42. The average molecular weight is 443 g/mol. The number of nitrogens with one attached hydrogen (secondary N) is 1. The van der Waals surface area contributed by atoms with Crippen LogP contribution in [-0.2, 0) is 16.1 Å². The first-order valence-corrected chi connectivity index (χ1v) is 12.1. The van der Waals surface area contributed by atoms with Crippen molar-refractivity contribution in [1.82, 2.24) is 14.8 Å². The molecule has 1 unspecified atom stereocenters. The molecule has 158 valence electrons. The van der Waals surface area contributed by atoms with E-state index in [1.165, 1.54) is 17.3 Å². The first-order chi connectivity index (χ1) is 14.6. The van der Waals surface area contributed by atoms with Crippen molar-refractivity contribution in [2.45, 2.75) is 50.4 Å². The second kappa shape index (κ2) is 9.76. The summed E-state index contributed by atoms with van der Waals surface area (Å²) in [6, 6.07) is 12.1. The third-order valence-corrected chi connectivity index (χ3v) is 6.89. The fraction of sp³-hybridized carbons (Fsp3) is 0.409. The van der Waals surface area contributed by atoms with Crippen LogP contribution in [0.15, 0.2) is 46.9 Å². The molecular weight excluding hydrogens is 416 g/mol. The number of carbonyl (C=O) groups excluding carboxylic acids is 1. The Kier molecular flexibility index (Phi) is 6.86. The fourth-order valence-corrected chi connectivity index (χ4v) is 4.88. The molecule has 1 atom stereocenters. The van der Waals surface area contributed by atoms with Gasteiger partial charge in [0.1, 0.15) is 0 Å². The molecule has 0 aliphatic carbocycles. The molecule has 3 heterocycles. The molecular formula is C22H26N4O2S2. The second-order valence-corrected chi connectivity index (χ2v) is 9.53. The monoisotopic (exact) mass is 442 g/mol. The summed E-state index contributed by atoms with van der Waals surface area (Å²) < 4.78 is 7.92. The molecule has 1 aliphatic rings. The van der Waals surface area contributed by atoms with Crippen LogP contribution in [0.5, 0.6) is 0 Å². The topological polar surface area (TPSA) is 69.0 Å². The van der Waals surface area contributed by atoms with E-state index in [9.17, 15) is 4.79 Å². The summed E-state index contributed by atoms with van der Waals surface area (Å²) in [5, 5.41) is 14.5. The average Bonchev–Trinajstić information content (AvgIpc) is 3.50. The number of hydrogen-bond acceptors (Lipinski definition) is 6. The Morgan fingerprint density at radius 3 is 2.80 bits per heavy atom. The number of nitrogens with zero attached hydrogens (tertiary/aromatic N) is 3. The van der Waals surface area contributed by atoms with Gasteiger partial charge in [-0.25, -0.2) is 0 Å². The highest BCUT2D eigenvalue weighted by Crippen LogP contribution is 2.29. The summed E-state index contributed by atoms with van der Waals surface area (Å²) >= 11 is 3.05. The summed E-state index contributed by atoms with van der Waals surface area (Å²) in [6.45, 7) is 5.82. The number of anilines is 1. The summed E-state index contributed by atoms with van der Waals surface area (Å²) in [6.07, 6.45) is 2.30. The van der Waals surface area contributed by atoms with Gasteiger partial charge in [-0.05, 0) is 47.9 Å². The first kappa shape index (κ1) is 21.1. The zero-order valence-electron chi connectivity index (χ0n) is 17.2. The Morgan fingerprint density at radius 1 is 1.30 bits per heavy atom. The molecule has 6 nitrogen and oxygen atoms in total. The molecule has 0 saturated carbocycles. The van der Waals surface area contributed by atoms with Crippen LogP contribution in [0.3, 0.4) is 0 Å². The quantitative estimate of drug-likeness (QED) is 0.495. The van der Waals surface area contributed by atoms with Gasteiger partial charge in [-0.2, -0.15) is 0 Å². The third kappa shape index (κ3) is 5.11. The van der Waals surface area contributed by atoms with Gasteiger partial charge in [-0.15, -0.1) is 21.5 Å². The zero-order valence-corrected chi connectivity index (χ0v) is 18.8. The van der Waals surface area contributed by atoms with Crippen LogP contribution in [0.2, 0.25) is 0 Å². The number of amides is 1. The van der Waals surface area contributed by atoms with Gasteiger partial charge < -0.3 is 10.1 Å². The normalized spacial score (nSPS) is 16.3. The summed E-state index contributed by atoms with van der Waals surface area (Å²) in [5.74, 6) is 1.53. The molecule has 1 aliphatic heterocycles. The van der Waals surface area contributed by atoms with Gasteiger partial charge >= 0.3 is 0 Å². The zero-order chi connectivity index (χ0) is 20.9. The number of benzene rings is 1. The molecule has 3 aromatic rings. The van der Waals surface area contributed by atoms with Crippen molar-refractivity contribution in [3.63, 3.8) is 0 Å². The number of thiophene rings is 1. The lowest BCUT2D eigenvalue weighted by atomic mass is 10.0. The van der Waals surface area contributed by atoms with Gasteiger partial charge in [-0.3, -0.25) is 9.36 Å². The van der Waals surface area contributed by atoms with Gasteiger partial charge in [0.15, 0.2) is 11.0 Å². The van der Waals surface area contributed by atoms with E-state index < -0.39 is 0 Å². The maximum Gasteiger partial charge on any atom is 0.234 e. The van der Waals surface area contributed by atoms with E-state index >= 15 is 0 Å². The van der Waals surface area contributed by atoms with Crippen LogP contribution in [0.1, 0.15) is 38.2 Å². The van der Waals surface area contributed by atoms with Gasteiger partial charge in [0.05, 0.1) is 23.3 Å². The van der Waals surface area contributed by atoms with Crippen molar-refractivity contribution in [2.75, 3.05) is 17.7 Å². The SMILES string of the molecule is CC(C)c1ccc(NC(=O)CSc2nnc(-c3cccs3)n2CC2CCCO2)cc1. The van der Waals surface area contributed by atoms with Crippen molar-refractivity contribution >= 4 is 34.7 Å². The van der Waals surface area contributed by atoms with E-state index in [0.717, 1.165) is 41.0 Å². The number of aromatic nitrogens is 3. The molecule has 1 aromatic carbocycles. The molecule has 1 N–H and O–H groups in total. The number of ether oxygens (including phenoxy) is 1. The Labute approximate surface area is 185 Å². The number of carbonyl (C=O) groups is 1. The summed E-state index contributed by atoms with van der Waals surface area (Å²) in [7, 11) is 0. The van der Waals surface area contributed by atoms with E-state index in [2.05, 4.69) is 46.1 Å². The van der Waals surface area contributed by atoms with Crippen LogP contribution < -0.4 is 5.32 Å². The van der Waals surface area contributed by atoms with Crippen LogP contribution >= 0.6 is 23.1 Å². The van der Waals surface area contributed by atoms with Crippen molar-refractivity contribution in [2.24, 2.45) is 0 Å². The highest BCUT2D eigenvalue weighted by Gasteiger charge is 2.22. The lowest BCUT2D eigenvalue weighted by molar-refractivity contribution is -0.113. The molecule has 0 spiro atoms. The molecule has 2 aromatic heterocycles. The van der Waals surface area contributed by atoms with E-state index in [4.69, 9.17) is 4.74 Å². The lowest BCUT2D eigenvalue weighted by Crippen LogP contribution is -2.18. The molecule has 1 fully saturated rings. The largest absolute Gasteiger partial charge is 0.376 e. The number of thioether (sulfide) groups is 1. The minimum Gasteiger partial charge on any atom is -0.376 e. The van der Waals surface area contributed by atoms with Gasteiger partial charge in [-0.1, -0.05) is 43.8 Å². The molecule has 30 heavy (non-hydrogen) atoms. The van der Waals surface area contributed by atoms with Gasteiger partial charge in [0.25, 0.3) is 0 Å². The Balaban J connectivity index is 1.42. The highest BCUT2D eigenvalue weighted by molar-refractivity contribution is 7.99. The minimum atomic E-state index is -0.0540. The minimum absolute atomic E-state index is 0.0540.